The van der Waals surface area contributed by atoms with E-state index < -0.39 is 11.9 Å². The van der Waals surface area contributed by atoms with Crippen LogP contribution in [-0.2, 0) is 16.0 Å². The van der Waals surface area contributed by atoms with Crippen LogP contribution in [0.15, 0.2) is 24.3 Å². The molecule has 1 rings (SSSR count). The van der Waals surface area contributed by atoms with Gasteiger partial charge in [-0.15, -0.1) is 0 Å². The summed E-state index contributed by atoms with van der Waals surface area (Å²) >= 11 is 0. The minimum atomic E-state index is -0.852. The molecule has 0 radical (unpaired) electrons. The van der Waals surface area contributed by atoms with Gasteiger partial charge in [0.05, 0.1) is 12.3 Å². The van der Waals surface area contributed by atoms with Crippen molar-refractivity contribution in [2.24, 2.45) is 11.8 Å². The number of aryl methyl sites for hydroxylation is 1. The molecule has 4 heteroatoms. The maximum Gasteiger partial charge on any atom is 0.308 e. The van der Waals surface area contributed by atoms with Gasteiger partial charge in [0, 0.05) is 6.54 Å². The summed E-state index contributed by atoms with van der Waals surface area (Å²) in [7, 11) is 0. The molecule has 0 saturated heterocycles. The fourth-order valence-electron chi connectivity index (χ4n) is 2.12. The zero-order chi connectivity index (χ0) is 15.1. The van der Waals surface area contributed by atoms with E-state index in [2.05, 4.69) is 5.32 Å². The van der Waals surface area contributed by atoms with Crippen molar-refractivity contribution in [3.8, 4) is 0 Å². The highest BCUT2D eigenvalue weighted by Gasteiger charge is 2.19. The summed E-state index contributed by atoms with van der Waals surface area (Å²) in [6.07, 6.45) is 0.862. The molecule has 4 nitrogen and oxygen atoms in total. The number of aliphatic carboxylic acids is 1. The van der Waals surface area contributed by atoms with E-state index >= 15 is 0 Å². The summed E-state index contributed by atoms with van der Waals surface area (Å²) in [6, 6.07) is 7.70. The van der Waals surface area contributed by atoms with E-state index in [0.717, 1.165) is 11.1 Å². The van der Waals surface area contributed by atoms with Crippen molar-refractivity contribution < 1.29 is 14.7 Å². The highest BCUT2D eigenvalue weighted by Crippen LogP contribution is 2.12. The van der Waals surface area contributed by atoms with Crippen LogP contribution in [0.2, 0.25) is 0 Å². The number of amides is 1. The van der Waals surface area contributed by atoms with Crippen molar-refractivity contribution in [2.45, 2.75) is 33.6 Å². The molecule has 1 aromatic carbocycles. The Morgan fingerprint density at radius 1 is 1.25 bits per heavy atom. The second kappa shape index (κ2) is 7.68. The molecule has 20 heavy (non-hydrogen) atoms. The molecule has 0 aliphatic carbocycles. The lowest BCUT2D eigenvalue weighted by Gasteiger charge is -2.15. The van der Waals surface area contributed by atoms with E-state index in [9.17, 15) is 9.59 Å². The molecule has 0 saturated carbocycles. The van der Waals surface area contributed by atoms with Crippen molar-refractivity contribution in [1.82, 2.24) is 5.32 Å². The molecule has 1 atom stereocenters. The van der Waals surface area contributed by atoms with Gasteiger partial charge in [-0.2, -0.15) is 0 Å². The van der Waals surface area contributed by atoms with Crippen molar-refractivity contribution >= 4 is 11.9 Å². The Hall–Kier alpha value is -1.84. The van der Waals surface area contributed by atoms with Gasteiger partial charge in [-0.05, 0) is 30.4 Å². The third-order valence-corrected chi connectivity index (χ3v) is 3.26. The highest BCUT2D eigenvalue weighted by molar-refractivity contribution is 5.79. The molecular formula is C16H23NO3. The molecule has 0 bridgehead atoms. The minimum Gasteiger partial charge on any atom is -0.481 e. The second-order valence-corrected chi connectivity index (χ2v) is 5.57. The summed E-state index contributed by atoms with van der Waals surface area (Å²) < 4.78 is 0. The predicted octanol–water partition coefficient (Wildman–Crippen LogP) is 2.40. The normalized spacial score (nSPS) is 12.2. The maximum absolute atomic E-state index is 11.9. The molecule has 2 N–H and O–H groups in total. The summed E-state index contributed by atoms with van der Waals surface area (Å²) in [5.74, 6) is -1.20. The van der Waals surface area contributed by atoms with E-state index in [1.165, 1.54) is 0 Å². The maximum atomic E-state index is 11.9. The fraction of sp³-hybridized carbons (Fsp3) is 0.500. The lowest BCUT2D eigenvalue weighted by atomic mass is 9.97. The molecule has 0 fully saturated rings. The smallest absolute Gasteiger partial charge is 0.308 e. The van der Waals surface area contributed by atoms with Gasteiger partial charge in [0.2, 0.25) is 5.91 Å². The van der Waals surface area contributed by atoms with Crippen LogP contribution < -0.4 is 5.32 Å². The average Bonchev–Trinajstić information content (AvgIpc) is 2.36. The van der Waals surface area contributed by atoms with E-state index in [1.54, 1.807) is 0 Å². The standard InChI is InChI=1S/C16H23NO3/c1-11(2)8-14(16(19)20)10-17-15(18)9-13-7-5-4-6-12(13)3/h4-7,11,14H,8-10H2,1-3H3,(H,17,18)(H,19,20)/t14-/m1/s1. The third-order valence-electron chi connectivity index (χ3n) is 3.26. The SMILES string of the molecule is Cc1ccccc1CC(=O)NC[C@@H](CC(C)C)C(=O)O. The Labute approximate surface area is 120 Å². The molecule has 110 valence electrons. The van der Waals surface area contributed by atoms with Crippen LogP contribution in [0.4, 0.5) is 0 Å². The summed E-state index contributed by atoms with van der Waals surface area (Å²) in [6.45, 7) is 6.11. The number of carbonyl (C=O) groups is 2. The van der Waals surface area contributed by atoms with Gasteiger partial charge in [-0.3, -0.25) is 9.59 Å². The van der Waals surface area contributed by atoms with Gasteiger partial charge < -0.3 is 10.4 Å². The first kappa shape index (κ1) is 16.2. The molecular weight excluding hydrogens is 254 g/mol. The van der Waals surface area contributed by atoms with E-state index in [-0.39, 0.29) is 12.5 Å². The first-order valence-corrected chi connectivity index (χ1v) is 6.94. The predicted molar refractivity (Wildman–Crippen MR) is 78.5 cm³/mol. The van der Waals surface area contributed by atoms with Gasteiger partial charge >= 0.3 is 5.97 Å². The quantitative estimate of drug-likeness (QED) is 0.804. The van der Waals surface area contributed by atoms with Crippen LogP contribution in [0, 0.1) is 18.8 Å². The molecule has 1 aromatic rings. The number of carboxylic acids is 1. The van der Waals surface area contributed by atoms with Crippen LogP contribution in [0.25, 0.3) is 0 Å². The Bertz CT molecular complexity index is 469. The van der Waals surface area contributed by atoms with Crippen LogP contribution in [0.1, 0.15) is 31.4 Å². The number of carboxylic acid groups (broad SMARTS) is 1. The van der Waals surface area contributed by atoms with Gasteiger partial charge in [0.1, 0.15) is 0 Å². The first-order valence-electron chi connectivity index (χ1n) is 6.94. The van der Waals surface area contributed by atoms with E-state index in [4.69, 9.17) is 5.11 Å². The number of carbonyl (C=O) groups excluding carboxylic acids is 1. The number of rotatable bonds is 7. The molecule has 1 amide bonds. The van der Waals surface area contributed by atoms with E-state index in [1.807, 2.05) is 45.0 Å². The monoisotopic (exact) mass is 277 g/mol. The molecule has 0 unspecified atom stereocenters. The minimum absolute atomic E-state index is 0.130. The van der Waals surface area contributed by atoms with Crippen molar-refractivity contribution in [2.75, 3.05) is 6.54 Å². The highest BCUT2D eigenvalue weighted by atomic mass is 16.4. The van der Waals surface area contributed by atoms with Crippen LogP contribution in [0.5, 0.6) is 0 Å². The van der Waals surface area contributed by atoms with Gasteiger partial charge in [0.25, 0.3) is 0 Å². The number of hydrogen-bond donors (Lipinski definition) is 2. The molecule has 0 spiro atoms. The molecule has 0 aliphatic heterocycles. The Balaban J connectivity index is 2.50. The Kier molecular flexibility index (Phi) is 6.22. The Morgan fingerprint density at radius 3 is 2.45 bits per heavy atom. The zero-order valence-corrected chi connectivity index (χ0v) is 12.3. The second-order valence-electron chi connectivity index (χ2n) is 5.57. The molecule has 0 aliphatic rings. The largest absolute Gasteiger partial charge is 0.481 e. The lowest BCUT2D eigenvalue weighted by Crippen LogP contribution is -2.34. The number of hydrogen-bond acceptors (Lipinski definition) is 2. The summed E-state index contributed by atoms with van der Waals surface area (Å²) in [5.41, 5.74) is 2.04. The summed E-state index contributed by atoms with van der Waals surface area (Å²) in [5, 5.41) is 11.8. The number of benzene rings is 1. The van der Waals surface area contributed by atoms with Crippen LogP contribution in [0.3, 0.4) is 0 Å². The Morgan fingerprint density at radius 2 is 1.90 bits per heavy atom. The van der Waals surface area contributed by atoms with Crippen LogP contribution in [-0.4, -0.2) is 23.5 Å². The lowest BCUT2D eigenvalue weighted by molar-refractivity contribution is -0.142. The fourth-order valence-corrected chi connectivity index (χ4v) is 2.12. The van der Waals surface area contributed by atoms with Crippen molar-refractivity contribution in [3.63, 3.8) is 0 Å². The average molecular weight is 277 g/mol. The first-order chi connectivity index (χ1) is 9.40. The van der Waals surface area contributed by atoms with Crippen molar-refractivity contribution in [3.05, 3.63) is 35.4 Å². The van der Waals surface area contributed by atoms with Gasteiger partial charge in [-0.1, -0.05) is 38.1 Å². The molecule has 0 aromatic heterocycles. The number of nitrogens with one attached hydrogen (secondary N) is 1. The summed E-state index contributed by atoms with van der Waals surface area (Å²) in [4.78, 5) is 23.0. The van der Waals surface area contributed by atoms with Gasteiger partial charge in [0.15, 0.2) is 0 Å². The van der Waals surface area contributed by atoms with E-state index in [0.29, 0.717) is 18.8 Å². The van der Waals surface area contributed by atoms with Gasteiger partial charge in [-0.25, -0.2) is 0 Å². The third kappa shape index (κ3) is 5.43. The zero-order valence-electron chi connectivity index (χ0n) is 12.3. The van der Waals surface area contributed by atoms with Crippen molar-refractivity contribution in [1.29, 1.82) is 0 Å². The topological polar surface area (TPSA) is 66.4 Å². The molecule has 0 heterocycles. The van der Waals surface area contributed by atoms with Crippen LogP contribution >= 0.6 is 0 Å².